The summed E-state index contributed by atoms with van der Waals surface area (Å²) in [7, 11) is 0. The van der Waals surface area contributed by atoms with Crippen LogP contribution in [-0.4, -0.2) is 27.0 Å². The smallest absolute Gasteiger partial charge is 0.372 e. The molecule has 7 nitrogen and oxygen atoms in total. The normalized spacial score (nSPS) is 11.1. The van der Waals surface area contributed by atoms with Gasteiger partial charge in [0.25, 0.3) is 5.88 Å². The molecule has 0 aromatic carbocycles. The van der Waals surface area contributed by atoms with Gasteiger partial charge in [-0.1, -0.05) is 0 Å². The number of nitrogens with one attached hydrogen (secondary N) is 1. The molecule has 0 aliphatic rings. The fourth-order valence-corrected chi connectivity index (χ4v) is 1.19. The topological polar surface area (TPSA) is 90.2 Å². The fourth-order valence-electron chi connectivity index (χ4n) is 1.19. The number of hydrogen-bond donors (Lipinski definition) is 1. The Morgan fingerprint density at radius 3 is 2.59 bits per heavy atom. The standard InChI is InChI=1S/C10H16N4O3/c1-5-11-8-7(14(15)16)9(13-6-12-8)17-10(2,3)4/h6H,5H2,1-4H3,(H,11,12,13). The number of rotatable bonds is 4. The summed E-state index contributed by atoms with van der Waals surface area (Å²) in [5, 5.41) is 13.8. The van der Waals surface area contributed by atoms with Gasteiger partial charge in [-0.05, 0) is 27.7 Å². The Morgan fingerprint density at radius 2 is 2.12 bits per heavy atom. The third-order valence-corrected chi connectivity index (χ3v) is 1.72. The van der Waals surface area contributed by atoms with Crippen molar-refractivity contribution in [2.75, 3.05) is 11.9 Å². The van der Waals surface area contributed by atoms with Crippen LogP contribution in [0.2, 0.25) is 0 Å². The van der Waals surface area contributed by atoms with Crippen molar-refractivity contribution in [2.24, 2.45) is 0 Å². The van der Waals surface area contributed by atoms with Gasteiger partial charge in [-0.15, -0.1) is 0 Å². The third-order valence-electron chi connectivity index (χ3n) is 1.72. The van der Waals surface area contributed by atoms with E-state index in [2.05, 4.69) is 15.3 Å². The van der Waals surface area contributed by atoms with E-state index in [0.29, 0.717) is 6.54 Å². The maximum absolute atomic E-state index is 11.0. The van der Waals surface area contributed by atoms with Crippen LogP contribution in [0, 0.1) is 10.1 Å². The maximum Gasteiger partial charge on any atom is 0.372 e. The van der Waals surface area contributed by atoms with Crippen molar-refractivity contribution in [3.05, 3.63) is 16.4 Å². The highest BCUT2D eigenvalue weighted by Gasteiger charge is 2.27. The second-order valence-corrected chi connectivity index (χ2v) is 4.38. The van der Waals surface area contributed by atoms with Gasteiger partial charge in [-0.2, -0.15) is 4.98 Å². The number of ether oxygens (including phenoxy) is 1. The molecule has 1 rings (SSSR count). The summed E-state index contributed by atoms with van der Waals surface area (Å²) >= 11 is 0. The number of nitro groups is 1. The molecule has 0 spiro atoms. The second-order valence-electron chi connectivity index (χ2n) is 4.38. The predicted molar refractivity (Wildman–Crippen MR) is 63.2 cm³/mol. The Balaban J connectivity index is 3.20. The van der Waals surface area contributed by atoms with Crippen molar-refractivity contribution < 1.29 is 9.66 Å². The minimum atomic E-state index is -0.553. The lowest BCUT2D eigenvalue weighted by Crippen LogP contribution is -2.24. The van der Waals surface area contributed by atoms with E-state index in [0.717, 1.165) is 0 Å². The first-order chi connectivity index (χ1) is 7.85. The van der Waals surface area contributed by atoms with Crippen molar-refractivity contribution in [1.29, 1.82) is 0 Å². The van der Waals surface area contributed by atoms with Crippen molar-refractivity contribution >= 4 is 11.5 Å². The molecular formula is C10H16N4O3. The lowest BCUT2D eigenvalue weighted by molar-refractivity contribution is -0.385. The van der Waals surface area contributed by atoms with E-state index in [4.69, 9.17) is 4.74 Å². The molecule has 0 bridgehead atoms. The fraction of sp³-hybridized carbons (Fsp3) is 0.600. The van der Waals surface area contributed by atoms with Crippen molar-refractivity contribution in [3.8, 4) is 5.88 Å². The van der Waals surface area contributed by atoms with Crippen LogP contribution in [-0.2, 0) is 0 Å². The number of aromatic nitrogens is 2. The van der Waals surface area contributed by atoms with Crippen molar-refractivity contribution in [3.63, 3.8) is 0 Å². The van der Waals surface area contributed by atoms with E-state index in [1.165, 1.54) is 6.33 Å². The van der Waals surface area contributed by atoms with Crippen LogP contribution < -0.4 is 10.1 Å². The first-order valence-electron chi connectivity index (χ1n) is 5.27. The Hall–Kier alpha value is -1.92. The van der Waals surface area contributed by atoms with Gasteiger partial charge in [0.05, 0.1) is 4.92 Å². The number of nitrogens with zero attached hydrogens (tertiary/aromatic N) is 3. The quantitative estimate of drug-likeness (QED) is 0.639. The van der Waals surface area contributed by atoms with E-state index in [1.54, 1.807) is 20.8 Å². The molecule has 0 amide bonds. The molecule has 17 heavy (non-hydrogen) atoms. The molecule has 0 radical (unpaired) electrons. The van der Waals surface area contributed by atoms with E-state index in [-0.39, 0.29) is 17.4 Å². The molecule has 94 valence electrons. The average Bonchev–Trinajstić information content (AvgIpc) is 2.15. The molecule has 0 fully saturated rings. The molecule has 1 aromatic heterocycles. The SMILES string of the molecule is CCNc1ncnc(OC(C)(C)C)c1[N+](=O)[O-]. The Labute approximate surface area is 99.4 Å². The Kier molecular flexibility index (Phi) is 3.82. The zero-order valence-electron chi connectivity index (χ0n) is 10.4. The minimum Gasteiger partial charge on any atom is -0.467 e. The highest BCUT2D eigenvalue weighted by atomic mass is 16.6. The van der Waals surface area contributed by atoms with E-state index in [9.17, 15) is 10.1 Å². The number of hydrogen-bond acceptors (Lipinski definition) is 6. The van der Waals surface area contributed by atoms with Gasteiger partial charge in [0.2, 0.25) is 5.82 Å². The molecule has 1 N–H and O–H groups in total. The lowest BCUT2D eigenvalue weighted by Gasteiger charge is -2.20. The predicted octanol–water partition coefficient (Wildman–Crippen LogP) is 1.99. The third kappa shape index (κ3) is 3.54. The van der Waals surface area contributed by atoms with Crippen LogP contribution in [0.25, 0.3) is 0 Å². The Morgan fingerprint density at radius 1 is 1.47 bits per heavy atom. The van der Waals surface area contributed by atoms with Crippen molar-refractivity contribution in [1.82, 2.24) is 9.97 Å². The van der Waals surface area contributed by atoms with Crippen LogP contribution in [0.15, 0.2) is 6.33 Å². The molecule has 1 heterocycles. The van der Waals surface area contributed by atoms with Gasteiger partial charge in [0, 0.05) is 6.54 Å². The van der Waals surface area contributed by atoms with Crippen LogP contribution >= 0.6 is 0 Å². The zero-order valence-corrected chi connectivity index (χ0v) is 10.4. The summed E-state index contributed by atoms with van der Waals surface area (Å²) in [5.74, 6) is 0.153. The molecule has 0 atom stereocenters. The molecule has 1 aromatic rings. The first kappa shape index (κ1) is 13.1. The molecular weight excluding hydrogens is 224 g/mol. The van der Waals surface area contributed by atoms with Gasteiger partial charge in [0.1, 0.15) is 11.9 Å². The molecule has 0 unspecified atom stereocenters. The summed E-state index contributed by atoms with van der Waals surface area (Å²) in [6.45, 7) is 7.76. The summed E-state index contributed by atoms with van der Waals surface area (Å²) < 4.78 is 5.45. The molecule has 0 saturated carbocycles. The minimum absolute atomic E-state index is 0.0200. The summed E-state index contributed by atoms with van der Waals surface area (Å²) in [6, 6.07) is 0. The zero-order chi connectivity index (χ0) is 13.1. The second kappa shape index (κ2) is 4.94. The molecule has 0 aliphatic carbocycles. The summed E-state index contributed by atoms with van der Waals surface area (Å²) in [4.78, 5) is 18.1. The van der Waals surface area contributed by atoms with Gasteiger partial charge in [0.15, 0.2) is 0 Å². The number of anilines is 1. The molecule has 0 saturated heterocycles. The summed E-state index contributed by atoms with van der Waals surface area (Å²) in [5.41, 5.74) is -0.785. The van der Waals surface area contributed by atoms with E-state index < -0.39 is 10.5 Å². The largest absolute Gasteiger partial charge is 0.467 e. The van der Waals surface area contributed by atoms with Gasteiger partial charge in [-0.3, -0.25) is 10.1 Å². The van der Waals surface area contributed by atoms with Crippen molar-refractivity contribution in [2.45, 2.75) is 33.3 Å². The lowest BCUT2D eigenvalue weighted by atomic mass is 10.2. The van der Waals surface area contributed by atoms with Crippen LogP contribution in [0.3, 0.4) is 0 Å². The van der Waals surface area contributed by atoms with Gasteiger partial charge in [-0.25, -0.2) is 4.98 Å². The highest BCUT2D eigenvalue weighted by molar-refractivity contribution is 5.61. The van der Waals surface area contributed by atoms with E-state index >= 15 is 0 Å². The average molecular weight is 240 g/mol. The highest BCUT2D eigenvalue weighted by Crippen LogP contribution is 2.32. The summed E-state index contributed by atoms with van der Waals surface area (Å²) in [6.07, 6.45) is 1.24. The first-order valence-corrected chi connectivity index (χ1v) is 5.27. The molecule has 0 aliphatic heterocycles. The van der Waals surface area contributed by atoms with E-state index in [1.807, 2.05) is 6.92 Å². The maximum atomic E-state index is 11.0. The van der Waals surface area contributed by atoms with Gasteiger partial charge >= 0.3 is 5.69 Å². The van der Waals surface area contributed by atoms with Crippen LogP contribution in [0.4, 0.5) is 11.5 Å². The monoisotopic (exact) mass is 240 g/mol. The van der Waals surface area contributed by atoms with Crippen LogP contribution in [0.1, 0.15) is 27.7 Å². The van der Waals surface area contributed by atoms with Gasteiger partial charge < -0.3 is 10.1 Å². The Bertz CT molecular complexity index is 415. The molecule has 7 heteroatoms. The van der Waals surface area contributed by atoms with Crippen LogP contribution in [0.5, 0.6) is 5.88 Å².